The highest BCUT2D eigenvalue weighted by Gasteiger charge is 2.36. The molecule has 11 heteroatoms. The summed E-state index contributed by atoms with van der Waals surface area (Å²) in [6.45, 7) is 0. The van der Waals surface area contributed by atoms with Crippen LogP contribution in [0.1, 0.15) is 17.2 Å². The molecule has 0 saturated carbocycles. The second-order valence-corrected chi connectivity index (χ2v) is 7.15. The summed E-state index contributed by atoms with van der Waals surface area (Å²) in [6, 6.07) is 10.3. The number of fused-ring (bicyclic) bond motifs is 2. The molecule has 8 nitrogen and oxygen atoms in total. The van der Waals surface area contributed by atoms with Crippen LogP contribution >= 0.6 is 23.2 Å². The average molecular weight is 430 g/mol. The molecule has 2 aromatic carbocycles. The number of H-pyrrole nitrogens is 1. The molecule has 4 aromatic rings. The van der Waals surface area contributed by atoms with Crippen molar-refractivity contribution < 1.29 is 4.39 Å². The SMILES string of the molecule is O=c1[nH]nc(-c2ccc(Cl)cc2Cl)c2c1Nc1nnnn1[C@H]2c1ccccc1F. The zero-order valence-electron chi connectivity index (χ0n) is 14.4. The molecule has 0 unspecified atom stereocenters. The number of halogens is 3. The number of nitrogens with zero attached hydrogens (tertiary/aromatic N) is 5. The van der Waals surface area contributed by atoms with Gasteiger partial charge in [-0.15, -0.1) is 0 Å². The summed E-state index contributed by atoms with van der Waals surface area (Å²) >= 11 is 12.4. The Labute approximate surface area is 172 Å². The van der Waals surface area contributed by atoms with E-state index in [0.29, 0.717) is 26.9 Å². The first-order chi connectivity index (χ1) is 14.0. The van der Waals surface area contributed by atoms with Gasteiger partial charge < -0.3 is 5.32 Å². The molecular weight excluding hydrogens is 420 g/mol. The summed E-state index contributed by atoms with van der Waals surface area (Å²) in [5, 5.41) is 21.9. The third-order valence-electron chi connectivity index (χ3n) is 4.65. The van der Waals surface area contributed by atoms with Crippen molar-refractivity contribution in [3.05, 3.63) is 79.8 Å². The van der Waals surface area contributed by atoms with E-state index in [0.717, 1.165) is 0 Å². The van der Waals surface area contributed by atoms with Crippen molar-refractivity contribution in [1.29, 1.82) is 0 Å². The van der Waals surface area contributed by atoms with Crippen LogP contribution in [0.4, 0.5) is 16.0 Å². The molecule has 1 atom stereocenters. The lowest BCUT2D eigenvalue weighted by Gasteiger charge is -2.28. The van der Waals surface area contributed by atoms with Crippen LogP contribution in [0.25, 0.3) is 11.3 Å². The predicted octanol–water partition coefficient (Wildman–Crippen LogP) is 3.56. The van der Waals surface area contributed by atoms with E-state index >= 15 is 0 Å². The number of benzene rings is 2. The molecule has 0 bridgehead atoms. The maximum absolute atomic E-state index is 14.8. The fourth-order valence-corrected chi connectivity index (χ4v) is 3.91. The number of rotatable bonds is 2. The standard InChI is InChI=1S/C18H10Cl2FN7O/c19-8-5-6-9(11(20)7-8)14-13-15(17(29)24-23-14)22-18-25-26-27-28(18)16(13)10-3-1-2-4-12(10)21/h1-7,16H,(H,24,29)(H,22,25,27)/t16-/m0/s1. The van der Waals surface area contributed by atoms with Crippen molar-refractivity contribution in [3.63, 3.8) is 0 Å². The lowest BCUT2D eigenvalue weighted by atomic mass is 9.92. The minimum Gasteiger partial charge on any atom is -0.318 e. The van der Waals surface area contributed by atoms with E-state index in [9.17, 15) is 9.18 Å². The summed E-state index contributed by atoms with van der Waals surface area (Å²) in [6.07, 6.45) is 0. The highest BCUT2D eigenvalue weighted by Crippen LogP contribution is 2.43. The molecule has 0 spiro atoms. The molecular formula is C18H10Cl2FN7O. The smallest absolute Gasteiger partial charge is 0.288 e. The van der Waals surface area contributed by atoms with Crippen LogP contribution in [0.3, 0.4) is 0 Å². The van der Waals surface area contributed by atoms with Gasteiger partial charge in [0.05, 0.1) is 5.02 Å². The number of aromatic nitrogens is 6. The summed E-state index contributed by atoms with van der Waals surface area (Å²) in [7, 11) is 0. The van der Waals surface area contributed by atoms with Gasteiger partial charge in [0.1, 0.15) is 23.2 Å². The highest BCUT2D eigenvalue weighted by molar-refractivity contribution is 6.36. The number of anilines is 2. The van der Waals surface area contributed by atoms with Crippen LogP contribution in [0.2, 0.25) is 10.0 Å². The second kappa shape index (κ2) is 6.64. The average Bonchev–Trinajstić information content (AvgIpc) is 3.17. The van der Waals surface area contributed by atoms with E-state index in [1.807, 2.05) is 0 Å². The van der Waals surface area contributed by atoms with Crippen LogP contribution < -0.4 is 10.9 Å². The van der Waals surface area contributed by atoms with E-state index < -0.39 is 17.4 Å². The minimum atomic E-state index is -0.839. The van der Waals surface area contributed by atoms with Gasteiger partial charge in [-0.1, -0.05) is 46.5 Å². The first kappa shape index (κ1) is 17.8. The number of aromatic amines is 1. The third kappa shape index (κ3) is 2.78. The maximum atomic E-state index is 14.8. The zero-order valence-corrected chi connectivity index (χ0v) is 15.9. The van der Waals surface area contributed by atoms with Gasteiger partial charge in [-0.05, 0) is 34.7 Å². The van der Waals surface area contributed by atoms with Crippen LogP contribution in [-0.2, 0) is 0 Å². The number of nitrogens with one attached hydrogen (secondary N) is 2. The van der Waals surface area contributed by atoms with Gasteiger partial charge in [-0.2, -0.15) is 9.78 Å². The van der Waals surface area contributed by atoms with Gasteiger partial charge in [0, 0.05) is 21.7 Å². The Balaban J connectivity index is 1.86. The van der Waals surface area contributed by atoms with Crippen LogP contribution in [0.15, 0.2) is 47.3 Å². The third-order valence-corrected chi connectivity index (χ3v) is 5.20. The largest absolute Gasteiger partial charge is 0.318 e. The second-order valence-electron chi connectivity index (χ2n) is 6.31. The number of hydrogen-bond acceptors (Lipinski definition) is 6. The maximum Gasteiger partial charge on any atom is 0.288 e. The van der Waals surface area contributed by atoms with Gasteiger partial charge in [0.2, 0.25) is 5.95 Å². The van der Waals surface area contributed by atoms with Crippen molar-refractivity contribution in [2.75, 3.05) is 5.32 Å². The summed E-state index contributed by atoms with van der Waals surface area (Å²) < 4.78 is 16.2. The van der Waals surface area contributed by atoms with E-state index in [-0.39, 0.29) is 17.2 Å². The summed E-state index contributed by atoms with van der Waals surface area (Å²) in [5.41, 5.74) is 1.21. The van der Waals surface area contributed by atoms with E-state index in [4.69, 9.17) is 23.2 Å². The van der Waals surface area contributed by atoms with Crippen molar-refractivity contribution >= 4 is 34.8 Å². The summed E-state index contributed by atoms with van der Waals surface area (Å²) in [4.78, 5) is 12.6. The molecule has 144 valence electrons. The van der Waals surface area contributed by atoms with Crippen LogP contribution in [0, 0.1) is 5.82 Å². The topological polar surface area (TPSA) is 101 Å². The van der Waals surface area contributed by atoms with E-state index in [1.54, 1.807) is 36.4 Å². The van der Waals surface area contributed by atoms with Gasteiger partial charge in [0.25, 0.3) is 5.56 Å². The minimum absolute atomic E-state index is 0.163. The first-order valence-corrected chi connectivity index (χ1v) is 9.17. The first-order valence-electron chi connectivity index (χ1n) is 8.42. The fraction of sp³-hybridized carbons (Fsp3) is 0.0556. The van der Waals surface area contributed by atoms with Gasteiger partial charge in [-0.25, -0.2) is 9.49 Å². The Bertz CT molecular complexity index is 1320. The normalized spacial score (nSPS) is 14.8. The Kier molecular flexibility index (Phi) is 4.07. The Morgan fingerprint density at radius 3 is 2.76 bits per heavy atom. The molecule has 2 aromatic heterocycles. The molecule has 1 aliphatic rings. The monoisotopic (exact) mass is 429 g/mol. The van der Waals surface area contributed by atoms with Crippen LogP contribution in [-0.4, -0.2) is 30.4 Å². The molecule has 1 aliphatic heterocycles. The molecule has 0 saturated heterocycles. The van der Waals surface area contributed by atoms with E-state index in [2.05, 4.69) is 31.0 Å². The molecule has 3 heterocycles. The highest BCUT2D eigenvalue weighted by atomic mass is 35.5. The summed E-state index contributed by atoms with van der Waals surface area (Å²) in [5.74, 6) is -0.268. The van der Waals surface area contributed by atoms with Crippen molar-refractivity contribution in [2.45, 2.75) is 6.04 Å². The Hall–Kier alpha value is -3.30. The fourth-order valence-electron chi connectivity index (χ4n) is 3.41. The Morgan fingerprint density at radius 2 is 1.97 bits per heavy atom. The molecule has 29 heavy (non-hydrogen) atoms. The molecule has 0 radical (unpaired) electrons. The lowest BCUT2D eigenvalue weighted by molar-refractivity contribution is 0.527. The molecule has 2 N–H and O–H groups in total. The van der Waals surface area contributed by atoms with Crippen LogP contribution in [0.5, 0.6) is 0 Å². The molecule has 0 fully saturated rings. The lowest BCUT2D eigenvalue weighted by Crippen LogP contribution is -2.29. The predicted molar refractivity (Wildman–Crippen MR) is 105 cm³/mol. The zero-order chi connectivity index (χ0) is 20.1. The van der Waals surface area contributed by atoms with Crippen molar-refractivity contribution in [2.24, 2.45) is 0 Å². The molecule has 5 rings (SSSR count). The quantitative estimate of drug-likeness (QED) is 0.444. The van der Waals surface area contributed by atoms with Gasteiger partial charge in [0.15, 0.2) is 0 Å². The van der Waals surface area contributed by atoms with Gasteiger partial charge >= 0.3 is 0 Å². The van der Waals surface area contributed by atoms with Crippen molar-refractivity contribution in [1.82, 2.24) is 30.4 Å². The van der Waals surface area contributed by atoms with Gasteiger partial charge in [-0.3, -0.25) is 4.79 Å². The molecule has 0 aliphatic carbocycles. The van der Waals surface area contributed by atoms with Crippen molar-refractivity contribution in [3.8, 4) is 11.3 Å². The molecule has 0 amide bonds. The number of hydrogen-bond donors (Lipinski definition) is 2. The number of tetrazole rings is 1. The van der Waals surface area contributed by atoms with E-state index in [1.165, 1.54) is 10.7 Å². The Morgan fingerprint density at radius 1 is 1.14 bits per heavy atom.